The Morgan fingerprint density at radius 2 is 2.31 bits per heavy atom. The van der Waals surface area contributed by atoms with Gasteiger partial charge in [-0.15, -0.1) is 0 Å². The summed E-state index contributed by atoms with van der Waals surface area (Å²) >= 11 is 0. The maximum Gasteiger partial charge on any atom is 0.164 e. The van der Waals surface area contributed by atoms with Gasteiger partial charge in [-0.05, 0) is 18.6 Å². The minimum atomic E-state index is -0.0446. The molecule has 1 aromatic carbocycles. The summed E-state index contributed by atoms with van der Waals surface area (Å²) in [5, 5.41) is 9.58. The molecule has 0 saturated heterocycles. The molecule has 13 heavy (non-hydrogen) atoms. The van der Waals surface area contributed by atoms with Gasteiger partial charge in [0.2, 0.25) is 0 Å². The van der Waals surface area contributed by atoms with Crippen molar-refractivity contribution in [3.8, 4) is 11.5 Å². The molecular formula is C10H13NO2. The van der Waals surface area contributed by atoms with Gasteiger partial charge in [0.25, 0.3) is 0 Å². The molecule has 1 unspecified atom stereocenters. The molecule has 3 heteroatoms. The smallest absolute Gasteiger partial charge is 0.164 e. The highest BCUT2D eigenvalue weighted by Gasteiger charge is 2.18. The quantitative estimate of drug-likeness (QED) is 0.684. The van der Waals surface area contributed by atoms with Crippen molar-refractivity contribution in [2.24, 2.45) is 5.73 Å². The number of phenols is 1. The highest BCUT2D eigenvalue weighted by atomic mass is 16.5. The number of phenolic OH excluding ortho intramolecular Hbond substituents is 1. The summed E-state index contributed by atoms with van der Waals surface area (Å²) in [4.78, 5) is 0. The van der Waals surface area contributed by atoms with Crippen molar-refractivity contribution >= 4 is 0 Å². The normalized spacial score (nSPS) is 16.5. The second kappa shape index (κ2) is 2.92. The largest absolute Gasteiger partial charge is 0.504 e. The van der Waals surface area contributed by atoms with Gasteiger partial charge < -0.3 is 15.6 Å². The molecule has 0 radical (unpaired) electrons. The van der Waals surface area contributed by atoms with Crippen LogP contribution in [0.25, 0.3) is 0 Å². The minimum Gasteiger partial charge on any atom is -0.504 e. The van der Waals surface area contributed by atoms with Gasteiger partial charge >= 0.3 is 0 Å². The fourth-order valence-electron chi connectivity index (χ4n) is 1.57. The molecule has 1 aromatic rings. The summed E-state index contributed by atoms with van der Waals surface area (Å²) in [5.41, 5.74) is 7.75. The summed E-state index contributed by atoms with van der Waals surface area (Å²) in [5.74, 6) is 0.840. The zero-order chi connectivity index (χ0) is 9.42. The lowest BCUT2D eigenvalue weighted by atomic mass is 10.0. The second-order valence-electron chi connectivity index (χ2n) is 3.42. The molecule has 1 aliphatic heterocycles. The van der Waals surface area contributed by atoms with E-state index in [-0.39, 0.29) is 11.8 Å². The van der Waals surface area contributed by atoms with Crippen LogP contribution in [0.2, 0.25) is 0 Å². The molecule has 1 heterocycles. The van der Waals surface area contributed by atoms with Crippen molar-refractivity contribution in [3.05, 3.63) is 23.3 Å². The van der Waals surface area contributed by atoms with Crippen LogP contribution in [0.1, 0.15) is 24.1 Å². The lowest BCUT2D eigenvalue weighted by molar-refractivity contribution is 0.334. The van der Waals surface area contributed by atoms with Gasteiger partial charge in [0.1, 0.15) is 0 Å². The second-order valence-corrected chi connectivity index (χ2v) is 3.42. The third-order valence-corrected chi connectivity index (χ3v) is 2.31. The summed E-state index contributed by atoms with van der Waals surface area (Å²) < 4.78 is 5.27. The van der Waals surface area contributed by atoms with E-state index in [0.29, 0.717) is 12.4 Å². The van der Waals surface area contributed by atoms with Gasteiger partial charge in [0.05, 0.1) is 6.61 Å². The maximum absolute atomic E-state index is 9.58. The summed E-state index contributed by atoms with van der Waals surface area (Å²) in [6.45, 7) is 2.56. The number of aromatic hydroxyl groups is 1. The first kappa shape index (κ1) is 8.38. The monoisotopic (exact) mass is 179 g/mol. The standard InChI is InChI=1S/C10H13NO2/c1-6(11)8-4-7-2-3-13-10(7)9(12)5-8/h4-6,12H,2-3,11H2,1H3. The van der Waals surface area contributed by atoms with E-state index < -0.39 is 0 Å². The molecule has 0 saturated carbocycles. The maximum atomic E-state index is 9.58. The van der Waals surface area contributed by atoms with Gasteiger partial charge in [0, 0.05) is 18.0 Å². The van der Waals surface area contributed by atoms with Gasteiger partial charge in [-0.2, -0.15) is 0 Å². The first-order chi connectivity index (χ1) is 6.18. The van der Waals surface area contributed by atoms with Crippen molar-refractivity contribution in [1.82, 2.24) is 0 Å². The Labute approximate surface area is 77.1 Å². The Morgan fingerprint density at radius 3 is 3.00 bits per heavy atom. The summed E-state index contributed by atoms with van der Waals surface area (Å²) in [6.07, 6.45) is 0.865. The van der Waals surface area contributed by atoms with Crippen molar-refractivity contribution < 1.29 is 9.84 Å². The molecule has 0 bridgehead atoms. The van der Waals surface area contributed by atoms with Crippen LogP contribution < -0.4 is 10.5 Å². The number of hydrogen-bond donors (Lipinski definition) is 2. The molecule has 0 aromatic heterocycles. The first-order valence-corrected chi connectivity index (χ1v) is 4.42. The van der Waals surface area contributed by atoms with Crippen LogP contribution in [0.5, 0.6) is 11.5 Å². The van der Waals surface area contributed by atoms with Crippen LogP contribution in [-0.4, -0.2) is 11.7 Å². The lowest BCUT2D eigenvalue weighted by Crippen LogP contribution is -2.04. The summed E-state index contributed by atoms with van der Waals surface area (Å²) in [6, 6.07) is 3.64. The number of fused-ring (bicyclic) bond motifs is 1. The molecule has 0 amide bonds. The zero-order valence-corrected chi connectivity index (χ0v) is 7.58. The number of benzene rings is 1. The van der Waals surface area contributed by atoms with E-state index in [1.54, 1.807) is 6.07 Å². The number of nitrogens with two attached hydrogens (primary N) is 1. The molecule has 1 atom stereocenters. The van der Waals surface area contributed by atoms with E-state index in [1.165, 1.54) is 0 Å². The molecule has 0 aliphatic carbocycles. The average Bonchev–Trinajstić information content (AvgIpc) is 2.51. The molecular weight excluding hydrogens is 166 g/mol. The number of hydrogen-bond acceptors (Lipinski definition) is 3. The molecule has 3 N–H and O–H groups in total. The minimum absolute atomic E-state index is 0.0446. The first-order valence-electron chi connectivity index (χ1n) is 4.42. The number of ether oxygens (including phenoxy) is 1. The Bertz CT molecular complexity index is 334. The molecule has 3 nitrogen and oxygen atoms in total. The summed E-state index contributed by atoms with van der Waals surface area (Å²) in [7, 11) is 0. The lowest BCUT2D eigenvalue weighted by Gasteiger charge is -2.09. The SMILES string of the molecule is CC(N)c1cc(O)c2c(c1)CCO2. The molecule has 70 valence electrons. The fourth-order valence-corrected chi connectivity index (χ4v) is 1.57. The van der Waals surface area contributed by atoms with Crippen molar-refractivity contribution in [2.45, 2.75) is 19.4 Å². The van der Waals surface area contributed by atoms with Crippen LogP contribution in [0, 0.1) is 0 Å². The van der Waals surface area contributed by atoms with Gasteiger partial charge in [-0.1, -0.05) is 6.07 Å². The van der Waals surface area contributed by atoms with E-state index in [0.717, 1.165) is 17.5 Å². The van der Waals surface area contributed by atoms with E-state index in [4.69, 9.17) is 10.5 Å². The molecule has 0 fully saturated rings. The third kappa shape index (κ3) is 1.35. The van der Waals surface area contributed by atoms with Crippen LogP contribution in [-0.2, 0) is 6.42 Å². The molecule has 0 spiro atoms. The van der Waals surface area contributed by atoms with Crippen LogP contribution in [0.15, 0.2) is 12.1 Å². The zero-order valence-electron chi connectivity index (χ0n) is 7.58. The van der Waals surface area contributed by atoms with Crippen molar-refractivity contribution in [2.75, 3.05) is 6.61 Å². The van der Waals surface area contributed by atoms with Gasteiger partial charge in [0.15, 0.2) is 11.5 Å². The van der Waals surface area contributed by atoms with Crippen LogP contribution >= 0.6 is 0 Å². The van der Waals surface area contributed by atoms with E-state index in [9.17, 15) is 5.11 Å². The third-order valence-electron chi connectivity index (χ3n) is 2.31. The van der Waals surface area contributed by atoms with Crippen molar-refractivity contribution in [3.63, 3.8) is 0 Å². The predicted octanol–water partition coefficient (Wildman–Crippen LogP) is 1.35. The highest BCUT2D eigenvalue weighted by molar-refractivity contribution is 5.51. The van der Waals surface area contributed by atoms with Crippen LogP contribution in [0.4, 0.5) is 0 Å². The average molecular weight is 179 g/mol. The Morgan fingerprint density at radius 1 is 1.54 bits per heavy atom. The Hall–Kier alpha value is -1.22. The fraction of sp³-hybridized carbons (Fsp3) is 0.400. The van der Waals surface area contributed by atoms with E-state index >= 15 is 0 Å². The Kier molecular flexibility index (Phi) is 1.88. The molecule has 1 aliphatic rings. The highest BCUT2D eigenvalue weighted by Crippen LogP contribution is 2.36. The van der Waals surface area contributed by atoms with E-state index in [2.05, 4.69) is 0 Å². The Balaban J connectivity index is 2.49. The predicted molar refractivity (Wildman–Crippen MR) is 49.9 cm³/mol. The van der Waals surface area contributed by atoms with E-state index in [1.807, 2.05) is 13.0 Å². The number of rotatable bonds is 1. The van der Waals surface area contributed by atoms with Crippen LogP contribution in [0.3, 0.4) is 0 Å². The van der Waals surface area contributed by atoms with Gasteiger partial charge in [-0.3, -0.25) is 0 Å². The topological polar surface area (TPSA) is 55.5 Å². The van der Waals surface area contributed by atoms with Gasteiger partial charge in [-0.25, -0.2) is 0 Å². The molecule has 2 rings (SSSR count). The van der Waals surface area contributed by atoms with Crippen molar-refractivity contribution in [1.29, 1.82) is 0 Å².